The fourth-order valence-corrected chi connectivity index (χ4v) is 2.71. The SMILES string of the molecule is CCc1nc(-c2sccc2C)nc(NC)c1C. The van der Waals surface area contributed by atoms with Gasteiger partial charge in [-0.2, -0.15) is 0 Å². The predicted octanol–water partition coefficient (Wildman–Crippen LogP) is 3.43. The Bertz CT molecular complexity index is 506. The Hall–Kier alpha value is -1.42. The summed E-state index contributed by atoms with van der Waals surface area (Å²) in [6.07, 6.45) is 0.931. The number of hydrogen-bond acceptors (Lipinski definition) is 4. The molecule has 2 rings (SSSR count). The molecule has 0 fully saturated rings. The Balaban J connectivity index is 2.60. The molecule has 0 saturated carbocycles. The van der Waals surface area contributed by atoms with Gasteiger partial charge in [-0.25, -0.2) is 9.97 Å². The maximum Gasteiger partial charge on any atom is 0.172 e. The number of aryl methyl sites for hydroxylation is 2. The molecule has 2 aromatic rings. The highest BCUT2D eigenvalue weighted by atomic mass is 32.1. The molecule has 0 atom stereocenters. The molecule has 0 aromatic carbocycles. The Kier molecular flexibility index (Phi) is 3.43. The van der Waals surface area contributed by atoms with Gasteiger partial charge in [0.15, 0.2) is 5.82 Å². The van der Waals surface area contributed by atoms with Crippen LogP contribution in [0.15, 0.2) is 11.4 Å². The van der Waals surface area contributed by atoms with Crippen LogP contribution in [0.2, 0.25) is 0 Å². The zero-order chi connectivity index (χ0) is 12.4. The van der Waals surface area contributed by atoms with E-state index in [-0.39, 0.29) is 0 Å². The number of aromatic nitrogens is 2. The molecule has 0 aliphatic heterocycles. The summed E-state index contributed by atoms with van der Waals surface area (Å²) in [6.45, 7) is 6.29. The summed E-state index contributed by atoms with van der Waals surface area (Å²) < 4.78 is 0. The number of nitrogens with zero attached hydrogens (tertiary/aromatic N) is 2. The van der Waals surface area contributed by atoms with E-state index in [1.807, 2.05) is 7.05 Å². The maximum absolute atomic E-state index is 4.66. The van der Waals surface area contributed by atoms with E-state index in [2.05, 4.69) is 47.5 Å². The fourth-order valence-electron chi connectivity index (χ4n) is 1.85. The van der Waals surface area contributed by atoms with E-state index in [4.69, 9.17) is 0 Å². The van der Waals surface area contributed by atoms with Gasteiger partial charge in [-0.15, -0.1) is 11.3 Å². The van der Waals surface area contributed by atoms with Gasteiger partial charge in [0.2, 0.25) is 0 Å². The van der Waals surface area contributed by atoms with Crippen LogP contribution in [0, 0.1) is 13.8 Å². The van der Waals surface area contributed by atoms with Crippen molar-refractivity contribution in [1.29, 1.82) is 0 Å². The molecule has 2 aromatic heterocycles. The summed E-state index contributed by atoms with van der Waals surface area (Å²) in [5, 5.41) is 5.23. The van der Waals surface area contributed by atoms with Gasteiger partial charge < -0.3 is 5.32 Å². The monoisotopic (exact) mass is 247 g/mol. The fraction of sp³-hybridized carbons (Fsp3) is 0.385. The van der Waals surface area contributed by atoms with Gasteiger partial charge in [-0.3, -0.25) is 0 Å². The first kappa shape index (κ1) is 12.0. The second kappa shape index (κ2) is 4.84. The molecule has 90 valence electrons. The first-order valence-electron chi connectivity index (χ1n) is 5.77. The third kappa shape index (κ3) is 2.17. The molecule has 3 nitrogen and oxygen atoms in total. The zero-order valence-electron chi connectivity index (χ0n) is 10.7. The summed E-state index contributed by atoms with van der Waals surface area (Å²) in [7, 11) is 1.90. The lowest BCUT2D eigenvalue weighted by atomic mass is 10.2. The summed E-state index contributed by atoms with van der Waals surface area (Å²) in [5.41, 5.74) is 3.50. The molecule has 0 radical (unpaired) electrons. The van der Waals surface area contributed by atoms with Gasteiger partial charge in [0.25, 0.3) is 0 Å². The van der Waals surface area contributed by atoms with Gasteiger partial charge >= 0.3 is 0 Å². The number of thiophene rings is 1. The topological polar surface area (TPSA) is 37.8 Å². The van der Waals surface area contributed by atoms with Gasteiger partial charge in [-0.05, 0) is 37.3 Å². The Morgan fingerprint density at radius 2 is 2.06 bits per heavy atom. The van der Waals surface area contributed by atoms with Crippen molar-refractivity contribution < 1.29 is 0 Å². The maximum atomic E-state index is 4.66. The third-order valence-corrected chi connectivity index (χ3v) is 3.90. The van der Waals surface area contributed by atoms with Crippen LogP contribution in [0.3, 0.4) is 0 Å². The standard InChI is InChI=1S/C13H17N3S/c1-5-10-9(3)12(14-4)16-13(15-10)11-8(2)6-7-17-11/h6-7H,5H2,1-4H3,(H,14,15,16). The van der Waals surface area contributed by atoms with Gasteiger partial charge in [0.1, 0.15) is 5.82 Å². The molecule has 0 spiro atoms. The van der Waals surface area contributed by atoms with E-state index in [1.165, 1.54) is 5.56 Å². The molecular weight excluding hydrogens is 230 g/mol. The van der Waals surface area contributed by atoms with E-state index in [0.29, 0.717) is 0 Å². The molecule has 0 aliphatic carbocycles. The highest BCUT2D eigenvalue weighted by Crippen LogP contribution is 2.28. The van der Waals surface area contributed by atoms with Crippen LogP contribution in [0.4, 0.5) is 5.82 Å². The summed E-state index contributed by atoms with van der Waals surface area (Å²) in [5.74, 6) is 1.77. The number of hydrogen-bond donors (Lipinski definition) is 1. The second-order valence-electron chi connectivity index (χ2n) is 4.00. The van der Waals surface area contributed by atoms with Crippen LogP contribution in [0.5, 0.6) is 0 Å². The number of anilines is 1. The molecule has 0 amide bonds. The average Bonchev–Trinajstić information content (AvgIpc) is 2.76. The van der Waals surface area contributed by atoms with E-state index in [0.717, 1.165) is 34.2 Å². The van der Waals surface area contributed by atoms with E-state index in [9.17, 15) is 0 Å². The molecule has 0 aliphatic rings. The van der Waals surface area contributed by atoms with Crippen molar-refractivity contribution in [3.05, 3.63) is 28.3 Å². The lowest BCUT2D eigenvalue weighted by Crippen LogP contribution is -2.04. The van der Waals surface area contributed by atoms with Crippen LogP contribution < -0.4 is 5.32 Å². The molecular formula is C13H17N3S. The first-order chi connectivity index (χ1) is 8.17. The lowest BCUT2D eigenvalue weighted by Gasteiger charge is -2.10. The highest BCUT2D eigenvalue weighted by Gasteiger charge is 2.12. The minimum absolute atomic E-state index is 0.837. The molecule has 0 saturated heterocycles. The minimum Gasteiger partial charge on any atom is -0.373 e. The first-order valence-corrected chi connectivity index (χ1v) is 6.65. The molecule has 1 N–H and O–H groups in total. The third-order valence-electron chi connectivity index (χ3n) is 2.88. The van der Waals surface area contributed by atoms with Crippen LogP contribution >= 0.6 is 11.3 Å². The molecule has 0 unspecified atom stereocenters. The second-order valence-corrected chi connectivity index (χ2v) is 4.92. The van der Waals surface area contributed by atoms with Crippen molar-refractivity contribution in [3.8, 4) is 10.7 Å². The Labute approximate surface area is 106 Å². The average molecular weight is 247 g/mol. The normalized spacial score (nSPS) is 10.6. The smallest absolute Gasteiger partial charge is 0.172 e. The van der Waals surface area contributed by atoms with Gasteiger partial charge in [-0.1, -0.05) is 6.92 Å². The molecule has 0 bridgehead atoms. The Morgan fingerprint density at radius 3 is 2.59 bits per heavy atom. The van der Waals surface area contributed by atoms with E-state index in [1.54, 1.807) is 11.3 Å². The molecule has 4 heteroatoms. The van der Waals surface area contributed by atoms with Crippen LogP contribution in [0.1, 0.15) is 23.7 Å². The zero-order valence-corrected chi connectivity index (χ0v) is 11.5. The predicted molar refractivity (Wildman–Crippen MR) is 73.7 cm³/mol. The summed E-state index contributed by atoms with van der Waals surface area (Å²) in [6, 6.07) is 2.11. The van der Waals surface area contributed by atoms with E-state index >= 15 is 0 Å². The van der Waals surface area contributed by atoms with E-state index < -0.39 is 0 Å². The van der Waals surface area contributed by atoms with Crippen molar-refractivity contribution in [2.45, 2.75) is 27.2 Å². The minimum atomic E-state index is 0.837. The van der Waals surface area contributed by atoms with Crippen LogP contribution in [0.25, 0.3) is 10.7 Å². The van der Waals surface area contributed by atoms with Crippen LogP contribution in [-0.2, 0) is 6.42 Å². The van der Waals surface area contributed by atoms with Crippen LogP contribution in [-0.4, -0.2) is 17.0 Å². The largest absolute Gasteiger partial charge is 0.373 e. The van der Waals surface area contributed by atoms with Crippen molar-refractivity contribution in [2.75, 3.05) is 12.4 Å². The summed E-state index contributed by atoms with van der Waals surface area (Å²) >= 11 is 1.69. The van der Waals surface area contributed by atoms with Crippen molar-refractivity contribution in [2.24, 2.45) is 0 Å². The number of rotatable bonds is 3. The Morgan fingerprint density at radius 1 is 1.29 bits per heavy atom. The lowest BCUT2D eigenvalue weighted by molar-refractivity contribution is 0.979. The quantitative estimate of drug-likeness (QED) is 0.903. The molecule has 2 heterocycles. The van der Waals surface area contributed by atoms with Crippen molar-refractivity contribution in [1.82, 2.24) is 9.97 Å². The van der Waals surface area contributed by atoms with Crippen molar-refractivity contribution >= 4 is 17.2 Å². The summed E-state index contributed by atoms with van der Waals surface area (Å²) in [4.78, 5) is 10.4. The molecule has 17 heavy (non-hydrogen) atoms. The number of nitrogens with one attached hydrogen (secondary N) is 1. The van der Waals surface area contributed by atoms with Gasteiger partial charge in [0.05, 0.1) is 4.88 Å². The van der Waals surface area contributed by atoms with Gasteiger partial charge in [0, 0.05) is 18.3 Å². The highest BCUT2D eigenvalue weighted by molar-refractivity contribution is 7.13. The van der Waals surface area contributed by atoms with Crippen molar-refractivity contribution in [3.63, 3.8) is 0 Å².